The first-order chi connectivity index (χ1) is 11.8. The molecule has 0 aliphatic carbocycles. The van der Waals surface area contributed by atoms with E-state index in [1.807, 2.05) is 6.07 Å². The van der Waals surface area contributed by atoms with Crippen LogP contribution in [0.3, 0.4) is 0 Å². The molecule has 2 saturated heterocycles. The zero-order chi connectivity index (χ0) is 18.1. The van der Waals surface area contributed by atoms with Crippen molar-refractivity contribution >= 4 is 19.9 Å². The van der Waals surface area contributed by atoms with E-state index >= 15 is 0 Å². The minimum absolute atomic E-state index is 0.00650. The SMILES string of the molecule is N#Cc1cccc(S(=O)(=O)N(C[C@H]2CCCO2)[C@H]2CCS(=O)(=O)C2)c1. The lowest BCUT2D eigenvalue weighted by Gasteiger charge is -2.29. The van der Waals surface area contributed by atoms with Gasteiger partial charge in [0.25, 0.3) is 0 Å². The zero-order valence-corrected chi connectivity index (χ0v) is 15.3. The fourth-order valence-corrected chi connectivity index (χ4v) is 6.85. The molecule has 136 valence electrons. The monoisotopic (exact) mass is 384 g/mol. The molecule has 2 heterocycles. The fraction of sp³-hybridized carbons (Fsp3) is 0.562. The smallest absolute Gasteiger partial charge is 0.243 e. The molecule has 0 spiro atoms. The van der Waals surface area contributed by atoms with E-state index < -0.39 is 25.9 Å². The van der Waals surface area contributed by atoms with E-state index in [0.717, 1.165) is 12.8 Å². The molecule has 1 aromatic carbocycles. The molecule has 0 aromatic heterocycles. The lowest BCUT2D eigenvalue weighted by Crippen LogP contribution is -2.45. The number of hydrogen-bond donors (Lipinski definition) is 0. The van der Waals surface area contributed by atoms with E-state index in [9.17, 15) is 16.8 Å². The van der Waals surface area contributed by atoms with Gasteiger partial charge in [-0.05, 0) is 37.5 Å². The summed E-state index contributed by atoms with van der Waals surface area (Å²) < 4.78 is 56.8. The number of hydrogen-bond acceptors (Lipinski definition) is 6. The van der Waals surface area contributed by atoms with E-state index in [0.29, 0.717) is 6.61 Å². The minimum Gasteiger partial charge on any atom is -0.377 e. The van der Waals surface area contributed by atoms with Crippen molar-refractivity contribution in [3.63, 3.8) is 0 Å². The van der Waals surface area contributed by atoms with Crippen molar-refractivity contribution < 1.29 is 21.6 Å². The molecule has 1 aromatic rings. The average Bonchev–Trinajstić information content (AvgIpc) is 3.21. The van der Waals surface area contributed by atoms with Crippen molar-refractivity contribution in [2.75, 3.05) is 24.7 Å². The van der Waals surface area contributed by atoms with Crippen LogP contribution in [0.15, 0.2) is 29.2 Å². The second-order valence-corrected chi connectivity index (χ2v) is 10.5. The van der Waals surface area contributed by atoms with Crippen LogP contribution < -0.4 is 0 Å². The van der Waals surface area contributed by atoms with E-state index in [1.165, 1.54) is 28.6 Å². The standard InChI is InChI=1S/C16H20N2O5S2/c17-10-13-3-1-5-16(9-13)25(21,22)18(11-15-4-2-7-23-15)14-6-8-24(19,20)12-14/h1,3,5,9,14-15H,2,4,6-8,11-12H2/t14-,15+/m0/s1. The van der Waals surface area contributed by atoms with E-state index in [-0.39, 0.29) is 41.0 Å². The Kier molecular flexibility index (Phi) is 5.16. The maximum atomic E-state index is 13.2. The zero-order valence-electron chi connectivity index (χ0n) is 13.7. The predicted molar refractivity (Wildman–Crippen MR) is 91.1 cm³/mol. The quantitative estimate of drug-likeness (QED) is 0.747. The molecule has 0 saturated carbocycles. The minimum atomic E-state index is -3.92. The molecular formula is C16H20N2O5S2. The van der Waals surface area contributed by atoms with Crippen molar-refractivity contribution in [2.24, 2.45) is 0 Å². The highest BCUT2D eigenvalue weighted by atomic mass is 32.2. The molecule has 0 radical (unpaired) electrons. The van der Waals surface area contributed by atoms with Gasteiger partial charge < -0.3 is 4.74 Å². The molecular weight excluding hydrogens is 364 g/mol. The molecule has 2 fully saturated rings. The summed E-state index contributed by atoms with van der Waals surface area (Å²) in [7, 11) is -7.15. The highest BCUT2D eigenvalue weighted by Gasteiger charge is 2.40. The lowest BCUT2D eigenvalue weighted by atomic mass is 10.2. The summed E-state index contributed by atoms with van der Waals surface area (Å²) in [6.07, 6.45) is 1.68. The van der Waals surface area contributed by atoms with Crippen LogP contribution in [0.1, 0.15) is 24.8 Å². The molecule has 3 rings (SSSR count). The Labute approximate surface area is 148 Å². The van der Waals surface area contributed by atoms with E-state index in [1.54, 1.807) is 0 Å². The van der Waals surface area contributed by atoms with Crippen molar-refractivity contribution in [1.82, 2.24) is 4.31 Å². The maximum Gasteiger partial charge on any atom is 0.243 e. The number of nitriles is 1. The van der Waals surface area contributed by atoms with Crippen LogP contribution in [0, 0.1) is 11.3 Å². The number of sulfonamides is 1. The van der Waals surface area contributed by atoms with Crippen LogP contribution in [0.2, 0.25) is 0 Å². The van der Waals surface area contributed by atoms with Crippen LogP contribution in [0.5, 0.6) is 0 Å². The molecule has 9 heteroatoms. The Morgan fingerprint density at radius 1 is 1.32 bits per heavy atom. The van der Waals surface area contributed by atoms with E-state index in [4.69, 9.17) is 10.00 Å². The van der Waals surface area contributed by atoms with Gasteiger partial charge in [0.05, 0.1) is 34.1 Å². The number of nitrogens with zero attached hydrogens (tertiary/aromatic N) is 2. The normalized spacial score (nSPS) is 25.9. The van der Waals surface area contributed by atoms with Crippen LogP contribution in [-0.2, 0) is 24.6 Å². The fourth-order valence-electron chi connectivity index (χ4n) is 3.30. The number of ether oxygens (including phenoxy) is 1. The van der Waals surface area contributed by atoms with Gasteiger partial charge in [-0.25, -0.2) is 16.8 Å². The van der Waals surface area contributed by atoms with Gasteiger partial charge in [-0.1, -0.05) is 6.07 Å². The summed E-state index contributed by atoms with van der Waals surface area (Å²) in [5.74, 6) is -0.176. The van der Waals surface area contributed by atoms with Crippen molar-refractivity contribution in [2.45, 2.75) is 36.3 Å². The van der Waals surface area contributed by atoms with Gasteiger partial charge in [0.15, 0.2) is 9.84 Å². The molecule has 0 amide bonds. The second kappa shape index (κ2) is 7.03. The molecule has 2 aliphatic heterocycles. The van der Waals surface area contributed by atoms with Gasteiger partial charge in [-0.2, -0.15) is 9.57 Å². The Balaban J connectivity index is 1.95. The maximum absolute atomic E-state index is 13.2. The Morgan fingerprint density at radius 2 is 2.12 bits per heavy atom. The van der Waals surface area contributed by atoms with Gasteiger partial charge >= 0.3 is 0 Å². The first-order valence-corrected chi connectivity index (χ1v) is 11.4. The molecule has 25 heavy (non-hydrogen) atoms. The highest BCUT2D eigenvalue weighted by molar-refractivity contribution is 7.92. The first-order valence-electron chi connectivity index (χ1n) is 8.16. The third kappa shape index (κ3) is 4.03. The third-order valence-corrected chi connectivity index (χ3v) is 8.26. The summed E-state index contributed by atoms with van der Waals surface area (Å²) in [6.45, 7) is 0.727. The summed E-state index contributed by atoms with van der Waals surface area (Å²) in [6, 6.07) is 7.14. The van der Waals surface area contributed by atoms with Crippen molar-refractivity contribution in [3.05, 3.63) is 29.8 Å². The lowest BCUT2D eigenvalue weighted by molar-refractivity contribution is 0.0877. The molecule has 2 aliphatic rings. The molecule has 0 N–H and O–H groups in total. The van der Waals surface area contributed by atoms with Crippen LogP contribution in [0.25, 0.3) is 0 Å². The Bertz CT molecular complexity index is 883. The number of benzene rings is 1. The van der Waals surface area contributed by atoms with Gasteiger partial charge in [0.1, 0.15) is 0 Å². The largest absolute Gasteiger partial charge is 0.377 e. The third-order valence-electron chi connectivity index (χ3n) is 4.59. The van der Waals surface area contributed by atoms with Crippen molar-refractivity contribution in [1.29, 1.82) is 5.26 Å². The van der Waals surface area contributed by atoms with E-state index in [2.05, 4.69) is 0 Å². The average molecular weight is 384 g/mol. The topological polar surface area (TPSA) is 105 Å². The number of rotatable bonds is 5. The van der Waals surface area contributed by atoms with Crippen molar-refractivity contribution in [3.8, 4) is 6.07 Å². The van der Waals surface area contributed by atoms with Gasteiger partial charge in [0.2, 0.25) is 10.0 Å². The first kappa shape index (κ1) is 18.3. The summed E-state index contributed by atoms with van der Waals surface area (Å²) in [5, 5.41) is 9.02. The van der Waals surface area contributed by atoms with Gasteiger partial charge in [0, 0.05) is 19.2 Å². The Morgan fingerprint density at radius 3 is 2.72 bits per heavy atom. The number of sulfone groups is 1. The molecule has 2 atom stereocenters. The molecule has 0 unspecified atom stereocenters. The predicted octanol–water partition coefficient (Wildman–Crippen LogP) is 0.915. The summed E-state index contributed by atoms with van der Waals surface area (Å²) >= 11 is 0. The molecule has 7 nitrogen and oxygen atoms in total. The summed E-state index contributed by atoms with van der Waals surface area (Å²) in [5.41, 5.74) is 0.247. The van der Waals surface area contributed by atoms with Crippen LogP contribution in [0.4, 0.5) is 0 Å². The van der Waals surface area contributed by atoms with Gasteiger partial charge in [-0.3, -0.25) is 0 Å². The van der Waals surface area contributed by atoms with Crippen LogP contribution >= 0.6 is 0 Å². The Hall–Kier alpha value is -1.47. The van der Waals surface area contributed by atoms with Crippen LogP contribution in [-0.4, -0.2) is 57.9 Å². The highest BCUT2D eigenvalue weighted by Crippen LogP contribution is 2.27. The summed E-state index contributed by atoms with van der Waals surface area (Å²) in [4.78, 5) is 0.00819. The van der Waals surface area contributed by atoms with Gasteiger partial charge in [-0.15, -0.1) is 0 Å². The molecule has 0 bridgehead atoms. The second-order valence-electron chi connectivity index (χ2n) is 6.41.